The second-order valence-electron chi connectivity index (χ2n) is 10.0. The van der Waals surface area contributed by atoms with Crippen molar-refractivity contribution in [2.45, 2.75) is 65.6 Å². The molecule has 1 aromatic heterocycles. The lowest BCUT2D eigenvalue weighted by molar-refractivity contribution is -0.661. The van der Waals surface area contributed by atoms with Crippen LogP contribution < -0.4 is 4.57 Å². The van der Waals surface area contributed by atoms with E-state index in [1.54, 1.807) is 0 Å². The van der Waals surface area contributed by atoms with Gasteiger partial charge in [0.1, 0.15) is 7.05 Å². The Labute approximate surface area is 179 Å². The molecular formula is C28H32N+. The van der Waals surface area contributed by atoms with Crippen LogP contribution in [0.15, 0.2) is 36.5 Å². The standard InChI is InChI=1S/C28H32N/c1-16-15-29(8)26-24-18(3)21-13-19-11-9-10-12-20(19)22(21)14-23(24)27(4,5)28(6,7)25(26)17(16)2/h9-12,14-15H,13H2,1-8H3/q+1/i1D3. The summed E-state index contributed by atoms with van der Waals surface area (Å²) in [5.41, 5.74) is 12.8. The molecule has 0 spiro atoms. The molecule has 0 N–H and O–H groups in total. The summed E-state index contributed by atoms with van der Waals surface area (Å²) in [6.45, 7) is 11.3. The number of hydrogen-bond acceptors (Lipinski definition) is 0. The first kappa shape index (κ1) is 15.4. The van der Waals surface area contributed by atoms with Crippen LogP contribution in [0.25, 0.3) is 22.4 Å². The fourth-order valence-corrected chi connectivity index (χ4v) is 5.81. The first-order chi connectivity index (χ1) is 14.8. The average molecular weight is 386 g/mol. The number of pyridine rings is 1. The Morgan fingerprint density at radius 2 is 1.69 bits per heavy atom. The first-order valence-electron chi connectivity index (χ1n) is 12.1. The van der Waals surface area contributed by atoms with Crippen molar-refractivity contribution >= 4 is 0 Å². The van der Waals surface area contributed by atoms with Crippen molar-refractivity contribution in [2.75, 3.05) is 0 Å². The monoisotopic (exact) mass is 385 g/mol. The summed E-state index contributed by atoms with van der Waals surface area (Å²) in [4.78, 5) is 0. The number of nitrogens with zero attached hydrogens (tertiary/aromatic N) is 1. The topological polar surface area (TPSA) is 3.88 Å². The van der Waals surface area contributed by atoms with Gasteiger partial charge in [0, 0.05) is 20.7 Å². The van der Waals surface area contributed by atoms with Crippen LogP contribution in [0.1, 0.15) is 70.8 Å². The van der Waals surface area contributed by atoms with Crippen molar-refractivity contribution < 1.29 is 8.68 Å². The molecule has 0 radical (unpaired) electrons. The summed E-state index contributed by atoms with van der Waals surface area (Å²) >= 11 is 0. The van der Waals surface area contributed by atoms with Crippen molar-refractivity contribution in [3.05, 3.63) is 75.5 Å². The highest BCUT2D eigenvalue weighted by Crippen LogP contribution is 2.57. The van der Waals surface area contributed by atoms with E-state index in [1.807, 2.05) is 20.2 Å². The molecule has 0 saturated carbocycles. The van der Waals surface area contributed by atoms with E-state index in [1.165, 1.54) is 50.2 Å². The molecule has 2 aromatic carbocycles. The highest BCUT2D eigenvalue weighted by atomic mass is 14.9. The van der Waals surface area contributed by atoms with E-state index in [0.29, 0.717) is 5.56 Å². The maximum atomic E-state index is 8.14. The molecule has 1 heteroatoms. The van der Waals surface area contributed by atoms with Gasteiger partial charge in [-0.2, -0.15) is 0 Å². The zero-order valence-electron chi connectivity index (χ0n) is 21.6. The Bertz CT molecular complexity index is 1310. The Hall–Kier alpha value is -2.41. The van der Waals surface area contributed by atoms with E-state index in [-0.39, 0.29) is 10.8 Å². The molecule has 0 amide bonds. The Balaban J connectivity index is 1.93. The van der Waals surface area contributed by atoms with Gasteiger partial charge in [0.05, 0.1) is 5.56 Å². The number of hydrogen-bond donors (Lipinski definition) is 0. The molecule has 2 aliphatic carbocycles. The van der Waals surface area contributed by atoms with Crippen molar-refractivity contribution in [1.82, 2.24) is 0 Å². The van der Waals surface area contributed by atoms with Crippen molar-refractivity contribution in [1.29, 1.82) is 0 Å². The summed E-state index contributed by atoms with van der Waals surface area (Å²) in [7, 11) is 2.01. The largest absolute Gasteiger partial charge is 0.216 e. The molecule has 1 nitrogen and oxygen atoms in total. The maximum absolute atomic E-state index is 8.14. The van der Waals surface area contributed by atoms with Gasteiger partial charge in [0.25, 0.3) is 0 Å². The van der Waals surface area contributed by atoms with Gasteiger partial charge in [-0.3, -0.25) is 0 Å². The van der Waals surface area contributed by atoms with Gasteiger partial charge in [-0.05, 0) is 77.5 Å². The van der Waals surface area contributed by atoms with Gasteiger partial charge in [-0.15, -0.1) is 0 Å². The fraction of sp³-hybridized carbons (Fsp3) is 0.393. The van der Waals surface area contributed by atoms with E-state index in [9.17, 15) is 0 Å². The second kappa shape index (κ2) is 5.59. The Morgan fingerprint density at radius 3 is 2.41 bits per heavy atom. The second-order valence-corrected chi connectivity index (χ2v) is 10.0. The van der Waals surface area contributed by atoms with Crippen LogP contribution in [0.5, 0.6) is 0 Å². The van der Waals surface area contributed by atoms with Crippen LogP contribution in [0.2, 0.25) is 0 Å². The molecule has 148 valence electrons. The van der Waals surface area contributed by atoms with Crippen LogP contribution in [-0.4, -0.2) is 0 Å². The van der Waals surface area contributed by atoms with Gasteiger partial charge < -0.3 is 0 Å². The number of aryl methyl sites for hydroxylation is 2. The predicted octanol–water partition coefficient (Wildman–Crippen LogP) is 6.24. The smallest absolute Gasteiger partial charge is 0.200 e. The molecule has 0 aliphatic heterocycles. The molecule has 3 aromatic rings. The Kier molecular flexibility index (Phi) is 2.98. The highest BCUT2D eigenvalue weighted by Gasteiger charge is 2.51. The third kappa shape index (κ3) is 2.14. The average Bonchev–Trinajstić information content (AvgIpc) is 3.06. The van der Waals surface area contributed by atoms with E-state index < -0.39 is 6.85 Å². The summed E-state index contributed by atoms with van der Waals surface area (Å²) in [6, 6.07) is 11.2. The molecule has 0 atom stereocenters. The van der Waals surface area contributed by atoms with E-state index in [0.717, 1.165) is 12.0 Å². The molecule has 29 heavy (non-hydrogen) atoms. The molecule has 0 unspecified atom stereocenters. The zero-order chi connectivity index (χ0) is 23.4. The highest BCUT2D eigenvalue weighted by molar-refractivity contribution is 5.87. The third-order valence-corrected chi connectivity index (χ3v) is 8.17. The predicted molar refractivity (Wildman–Crippen MR) is 122 cm³/mol. The van der Waals surface area contributed by atoms with Crippen molar-refractivity contribution in [3.63, 3.8) is 0 Å². The number of rotatable bonds is 0. The molecule has 2 aliphatic rings. The molecule has 0 saturated heterocycles. The van der Waals surface area contributed by atoms with E-state index >= 15 is 0 Å². The van der Waals surface area contributed by atoms with Gasteiger partial charge in [-0.25, -0.2) is 4.57 Å². The van der Waals surface area contributed by atoms with Crippen LogP contribution in [0, 0.1) is 20.7 Å². The zero-order valence-corrected chi connectivity index (χ0v) is 18.6. The quantitative estimate of drug-likeness (QED) is 0.315. The minimum absolute atomic E-state index is 0.169. The summed E-state index contributed by atoms with van der Waals surface area (Å²) in [6.07, 6.45) is 2.79. The minimum Gasteiger partial charge on any atom is -0.200 e. The maximum Gasteiger partial charge on any atom is 0.216 e. The molecule has 0 bridgehead atoms. The first-order valence-corrected chi connectivity index (χ1v) is 10.6. The number of benzene rings is 2. The fourth-order valence-electron chi connectivity index (χ4n) is 5.81. The van der Waals surface area contributed by atoms with E-state index in [4.69, 9.17) is 4.11 Å². The lowest BCUT2D eigenvalue weighted by atomic mass is 9.54. The summed E-state index contributed by atoms with van der Waals surface area (Å²) < 4.78 is 26.5. The van der Waals surface area contributed by atoms with Crippen LogP contribution in [0.4, 0.5) is 0 Å². The molecule has 0 fully saturated rings. The third-order valence-electron chi connectivity index (χ3n) is 8.17. The van der Waals surface area contributed by atoms with Crippen LogP contribution >= 0.6 is 0 Å². The normalized spacial score (nSPS) is 19.3. The SMILES string of the molecule is [2H]C([2H])([2H])c1c[n+](C)c2c(c1C)C(C)(C)C(C)(C)c1cc3c(c(C)c1-2)Cc1ccccc1-3. The van der Waals surface area contributed by atoms with Crippen LogP contribution in [0.3, 0.4) is 0 Å². The number of fused-ring (bicyclic) bond motifs is 6. The van der Waals surface area contributed by atoms with Crippen molar-refractivity contribution in [2.24, 2.45) is 7.05 Å². The molecular weight excluding hydrogens is 350 g/mol. The van der Waals surface area contributed by atoms with Gasteiger partial charge >= 0.3 is 0 Å². The van der Waals surface area contributed by atoms with Gasteiger partial charge in [0.2, 0.25) is 5.69 Å². The molecule has 5 rings (SSSR count). The van der Waals surface area contributed by atoms with Crippen LogP contribution in [-0.2, 0) is 24.3 Å². The van der Waals surface area contributed by atoms with Gasteiger partial charge in [0.15, 0.2) is 6.20 Å². The van der Waals surface area contributed by atoms with Crippen molar-refractivity contribution in [3.8, 4) is 22.4 Å². The number of aromatic nitrogens is 1. The van der Waals surface area contributed by atoms with E-state index in [2.05, 4.69) is 69.5 Å². The Morgan fingerprint density at radius 1 is 0.966 bits per heavy atom. The summed E-state index contributed by atoms with van der Waals surface area (Å²) in [5.74, 6) is 0. The minimum atomic E-state index is -2.13. The van der Waals surface area contributed by atoms with Gasteiger partial charge in [-0.1, -0.05) is 52.0 Å². The summed E-state index contributed by atoms with van der Waals surface area (Å²) in [5, 5.41) is 0. The lowest BCUT2D eigenvalue weighted by Gasteiger charge is -2.48. The molecule has 1 heterocycles. The lowest BCUT2D eigenvalue weighted by Crippen LogP contribution is -2.49.